The molecule has 0 spiro atoms. The summed E-state index contributed by atoms with van der Waals surface area (Å²) in [5, 5.41) is 0. The van der Waals surface area contributed by atoms with Crippen molar-refractivity contribution in [1.82, 2.24) is 4.90 Å². The summed E-state index contributed by atoms with van der Waals surface area (Å²) in [5.41, 5.74) is 0. The van der Waals surface area contributed by atoms with Crippen LogP contribution in [0.4, 0.5) is 0 Å². The minimum absolute atomic E-state index is 0.731. The van der Waals surface area contributed by atoms with Gasteiger partial charge in [-0.2, -0.15) is 0 Å². The number of allylic oxidation sites excluding steroid dienone is 4. The van der Waals surface area contributed by atoms with Gasteiger partial charge in [-0.15, -0.1) is 0 Å². The molecule has 0 aromatic carbocycles. The number of ether oxygens (including phenoxy) is 1. The number of likely N-dealkylation sites (N-methyl/N-ethyl adjacent to an activating group) is 1. The van der Waals surface area contributed by atoms with E-state index in [1.165, 1.54) is 135 Å². The fraction of sp³-hybridized carbons (Fsp3) is 0.829. The van der Waals surface area contributed by atoms with Crippen LogP contribution in [0.15, 0.2) is 36.6 Å². The summed E-state index contributed by atoms with van der Waals surface area (Å²) in [5.74, 6) is 0.731. The van der Waals surface area contributed by atoms with Gasteiger partial charge in [0, 0.05) is 6.54 Å². The van der Waals surface area contributed by atoms with Crippen LogP contribution < -0.4 is 0 Å². The summed E-state index contributed by atoms with van der Waals surface area (Å²) < 4.78 is 5.93. The average molecular weight is 518 g/mol. The maximum atomic E-state index is 5.93. The molecule has 0 aromatic heterocycles. The molecule has 2 nitrogen and oxygen atoms in total. The van der Waals surface area contributed by atoms with E-state index in [2.05, 4.69) is 63.2 Å². The van der Waals surface area contributed by atoms with Crippen molar-refractivity contribution < 1.29 is 4.74 Å². The zero-order valence-electron chi connectivity index (χ0n) is 25.9. The highest BCUT2D eigenvalue weighted by atomic mass is 16.5. The molecule has 0 saturated heterocycles. The van der Waals surface area contributed by atoms with Crippen molar-refractivity contribution in [2.45, 2.75) is 155 Å². The first-order chi connectivity index (χ1) is 18.2. The van der Waals surface area contributed by atoms with Crippen molar-refractivity contribution in [3.05, 3.63) is 36.6 Å². The Bertz CT molecular complexity index is 507. The van der Waals surface area contributed by atoms with E-state index < -0.39 is 0 Å². The largest absolute Gasteiger partial charge is 0.501 e. The second-order valence-corrected chi connectivity index (χ2v) is 11.5. The van der Waals surface area contributed by atoms with Gasteiger partial charge in [-0.25, -0.2) is 0 Å². The Hall–Kier alpha value is -1.02. The summed E-state index contributed by atoms with van der Waals surface area (Å²) in [6.45, 7) is 6.42. The van der Waals surface area contributed by atoms with Crippen LogP contribution in [0.3, 0.4) is 0 Å². The van der Waals surface area contributed by atoms with Crippen molar-refractivity contribution >= 4 is 0 Å². The van der Waals surface area contributed by atoms with Gasteiger partial charge in [0.15, 0.2) is 0 Å². The van der Waals surface area contributed by atoms with E-state index in [1.54, 1.807) is 0 Å². The van der Waals surface area contributed by atoms with Crippen LogP contribution >= 0.6 is 0 Å². The van der Waals surface area contributed by atoms with Crippen LogP contribution in [-0.2, 0) is 4.74 Å². The lowest BCUT2D eigenvalue weighted by molar-refractivity contribution is 0.175. The smallest absolute Gasteiger partial charge is 0.0901 e. The number of nitrogens with zero attached hydrogens (tertiary/aromatic N) is 1. The molecule has 37 heavy (non-hydrogen) atoms. The molecule has 0 heterocycles. The number of hydrogen-bond donors (Lipinski definition) is 0. The summed E-state index contributed by atoms with van der Waals surface area (Å²) in [4.78, 5) is 2.17. The summed E-state index contributed by atoms with van der Waals surface area (Å²) >= 11 is 0. The van der Waals surface area contributed by atoms with Crippen LogP contribution in [0.5, 0.6) is 0 Å². The summed E-state index contributed by atoms with van der Waals surface area (Å²) in [6, 6.07) is 0. The molecule has 0 aliphatic rings. The highest BCUT2D eigenvalue weighted by Crippen LogP contribution is 2.20. The van der Waals surface area contributed by atoms with E-state index in [4.69, 9.17) is 4.74 Å². The monoisotopic (exact) mass is 518 g/mol. The quantitative estimate of drug-likeness (QED) is 0.0555. The van der Waals surface area contributed by atoms with E-state index in [0.29, 0.717) is 0 Å². The normalized spacial score (nSPS) is 13.1. The lowest BCUT2D eigenvalue weighted by atomic mass is 9.94. The van der Waals surface area contributed by atoms with E-state index in [0.717, 1.165) is 25.5 Å². The van der Waals surface area contributed by atoms with E-state index in [9.17, 15) is 0 Å². The Balaban J connectivity index is 3.85. The van der Waals surface area contributed by atoms with Crippen LogP contribution in [-0.4, -0.2) is 32.1 Å². The molecule has 0 radical (unpaired) electrons. The van der Waals surface area contributed by atoms with E-state index >= 15 is 0 Å². The summed E-state index contributed by atoms with van der Waals surface area (Å²) in [7, 11) is 4.20. The molecule has 0 bridgehead atoms. The second kappa shape index (κ2) is 31.2. The van der Waals surface area contributed by atoms with Crippen molar-refractivity contribution in [2.24, 2.45) is 5.92 Å². The standard InChI is InChI=1S/C35H67NO/c1-5-7-9-11-13-15-16-17-18-19-20-21-22-24-26-28-31-35(34-37-33-29-32-36(3)4)30-27-25-23-14-12-10-8-6-2/h13,15,17-18,29,33,35H,5-12,14,16,19-28,30-32,34H2,1-4H3. The predicted molar refractivity (Wildman–Crippen MR) is 168 cm³/mol. The third kappa shape index (κ3) is 31.1. The first kappa shape index (κ1) is 36.0. The Morgan fingerprint density at radius 1 is 0.541 bits per heavy atom. The fourth-order valence-corrected chi connectivity index (χ4v) is 4.81. The van der Waals surface area contributed by atoms with Gasteiger partial charge in [-0.1, -0.05) is 134 Å². The molecular formula is C35H67NO. The molecule has 0 aromatic rings. The lowest BCUT2D eigenvalue weighted by Crippen LogP contribution is -2.11. The molecule has 0 amide bonds. The maximum Gasteiger partial charge on any atom is 0.0901 e. The zero-order valence-corrected chi connectivity index (χ0v) is 25.9. The molecule has 0 rings (SSSR count). The Kier molecular flexibility index (Phi) is 30.3. The molecule has 0 saturated carbocycles. The molecular weight excluding hydrogens is 450 g/mol. The minimum Gasteiger partial charge on any atom is -0.501 e. The third-order valence-electron chi connectivity index (χ3n) is 7.27. The molecule has 1 atom stereocenters. The van der Waals surface area contributed by atoms with Gasteiger partial charge in [0.1, 0.15) is 0 Å². The minimum atomic E-state index is 0.731. The van der Waals surface area contributed by atoms with Gasteiger partial charge in [0.25, 0.3) is 0 Å². The van der Waals surface area contributed by atoms with Crippen LogP contribution in [0, 0.1) is 5.92 Å². The molecule has 0 fully saturated rings. The van der Waals surface area contributed by atoms with E-state index in [-0.39, 0.29) is 0 Å². The van der Waals surface area contributed by atoms with Crippen LogP contribution in [0.25, 0.3) is 0 Å². The van der Waals surface area contributed by atoms with Gasteiger partial charge >= 0.3 is 0 Å². The number of hydrogen-bond acceptors (Lipinski definition) is 2. The summed E-state index contributed by atoms with van der Waals surface area (Å²) in [6.07, 6.45) is 43.4. The zero-order chi connectivity index (χ0) is 27.1. The molecule has 218 valence electrons. The molecule has 0 aliphatic heterocycles. The first-order valence-corrected chi connectivity index (χ1v) is 16.4. The number of rotatable bonds is 29. The van der Waals surface area contributed by atoms with E-state index in [1.807, 2.05) is 6.26 Å². The Morgan fingerprint density at radius 2 is 1.00 bits per heavy atom. The van der Waals surface area contributed by atoms with Gasteiger partial charge in [-0.3, -0.25) is 0 Å². The Labute approximate surface area is 234 Å². The van der Waals surface area contributed by atoms with Crippen LogP contribution in [0.2, 0.25) is 0 Å². The van der Waals surface area contributed by atoms with Gasteiger partial charge in [0.05, 0.1) is 12.9 Å². The van der Waals surface area contributed by atoms with Crippen LogP contribution in [0.1, 0.15) is 155 Å². The third-order valence-corrected chi connectivity index (χ3v) is 7.27. The Morgan fingerprint density at radius 3 is 1.54 bits per heavy atom. The van der Waals surface area contributed by atoms with Gasteiger partial charge < -0.3 is 9.64 Å². The lowest BCUT2D eigenvalue weighted by Gasteiger charge is -2.16. The highest BCUT2D eigenvalue weighted by molar-refractivity contribution is 4.92. The average Bonchev–Trinajstić information content (AvgIpc) is 2.89. The van der Waals surface area contributed by atoms with Crippen molar-refractivity contribution in [3.8, 4) is 0 Å². The van der Waals surface area contributed by atoms with Crippen molar-refractivity contribution in [3.63, 3.8) is 0 Å². The molecule has 2 heteroatoms. The first-order valence-electron chi connectivity index (χ1n) is 16.4. The highest BCUT2D eigenvalue weighted by Gasteiger charge is 2.09. The molecule has 0 aliphatic carbocycles. The van der Waals surface area contributed by atoms with Crippen molar-refractivity contribution in [2.75, 3.05) is 27.2 Å². The number of unbranched alkanes of at least 4 members (excludes halogenated alkanes) is 16. The van der Waals surface area contributed by atoms with Crippen molar-refractivity contribution in [1.29, 1.82) is 0 Å². The van der Waals surface area contributed by atoms with Gasteiger partial charge in [-0.05, 0) is 71.0 Å². The SMILES string of the molecule is CCCCCC=CCC=CCCCCCCCCC(CCCCCCCCCC)COC=CCN(C)C. The molecule has 0 N–H and O–H groups in total. The topological polar surface area (TPSA) is 12.5 Å². The maximum absolute atomic E-state index is 5.93. The second-order valence-electron chi connectivity index (χ2n) is 11.5. The molecule has 1 unspecified atom stereocenters. The fourth-order valence-electron chi connectivity index (χ4n) is 4.81. The van der Waals surface area contributed by atoms with Gasteiger partial charge in [0.2, 0.25) is 0 Å². The predicted octanol–water partition coefficient (Wildman–Crippen LogP) is 11.4.